The number of aliphatic hydroxyl groups excluding tert-OH is 1. The van der Waals surface area contributed by atoms with Crippen LogP contribution in [0.15, 0.2) is 24.3 Å². The molecule has 0 aromatic heterocycles. The predicted molar refractivity (Wildman–Crippen MR) is 76.2 cm³/mol. The Kier molecular flexibility index (Phi) is 5.29. The third-order valence-corrected chi connectivity index (χ3v) is 3.61. The molecule has 1 heterocycles. The number of rotatable bonds is 6. The van der Waals surface area contributed by atoms with Crippen LogP contribution in [-0.2, 0) is 6.54 Å². The van der Waals surface area contributed by atoms with Crippen molar-refractivity contribution in [2.75, 3.05) is 30.8 Å². The zero-order valence-electron chi connectivity index (χ0n) is 10.6. The molecule has 0 radical (unpaired) electrons. The van der Waals surface area contributed by atoms with Crippen LogP contribution in [0.25, 0.3) is 0 Å². The van der Waals surface area contributed by atoms with Crippen LogP contribution in [-0.4, -0.2) is 41.6 Å². The van der Waals surface area contributed by atoms with E-state index in [4.69, 9.17) is 11.6 Å². The second kappa shape index (κ2) is 6.98. The van der Waals surface area contributed by atoms with Gasteiger partial charge in [-0.3, -0.25) is 4.90 Å². The summed E-state index contributed by atoms with van der Waals surface area (Å²) in [6.07, 6.45) is 2.15. The first kappa shape index (κ1) is 13.7. The van der Waals surface area contributed by atoms with Crippen LogP contribution in [0.3, 0.4) is 0 Å². The number of likely N-dealkylation sites (tertiary alicyclic amines) is 1. The van der Waals surface area contributed by atoms with E-state index < -0.39 is 6.10 Å². The van der Waals surface area contributed by atoms with Crippen LogP contribution in [0.4, 0.5) is 5.69 Å². The molecule has 2 N–H and O–H groups in total. The fourth-order valence-corrected chi connectivity index (χ4v) is 2.38. The van der Waals surface area contributed by atoms with E-state index in [-0.39, 0.29) is 5.88 Å². The second-order valence-corrected chi connectivity index (χ2v) is 5.18. The largest absolute Gasteiger partial charge is 0.390 e. The molecule has 1 aliphatic heterocycles. The van der Waals surface area contributed by atoms with E-state index in [1.807, 2.05) is 6.07 Å². The van der Waals surface area contributed by atoms with Crippen molar-refractivity contribution in [3.63, 3.8) is 0 Å². The maximum atomic E-state index is 9.42. The Balaban J connectivity index is 1.88. The van der Waals surface area contributed by atoms with Crippen LogP contribution in [0, 0.1) is 0 Å². The Labute approximate surface area is 114 Å². The number of anilines is 1. The van der Waals surface area contributed by atoms with Crippen molar-refractivity contribution >= 4 is 17.3 Å². The van der Waals surface area contributed by atoms with Gasteiger partial charge in [0.1, 0.15) is 0 Å². The molecular weight excluding hydrogens is 248 g/mol. The highest BCUT2D eigenvalue weighted by molar-refractivity contribution is 6.18. The molecule has 4 heteroatoms. The summed E-state index contributed by atoms with van der Waals surface area (Å²) >= 11 is 5.57. The topological polar surface area (TPSA) is 35.5 Å². The third kappa shape index (κ3) is 4.16. The predicted octanol–water partition coefficient (Wildman–Crippen LogP) is 2.29. The molecule has 100 valence electrons. The molecule has 1 unspecified atom stereocenters. The average Bonchev–Trinajstić information content (AvgIpc) is 2.89. The molecule has 1 aliphatic rings. The van der Waals surface area contributed by atoms with Crippen molar-refractivity contribution < 1.29 is 5.11 Å². The van der Waals surface area contributed by atoms with Crippen LogP contribution in [0.1, 0.15) is 18.4 Å². The van der Waals surface area contributed by atoms with Gasteiger partial charge in [0.25, 0.3) is 0 Å². The van der Waals surface area contributed by atoms with E-state index >= 15 is 0 Å². The Morgan fingerprint density at radius 2 is 2.11 bits per heavy atom. The number of nitrogens with zero attached hydrogens (tertiary/aromatic N) is 1. The highest BCUT2D eigenvalue weighted by atomic mass is 35.5. The molecule has 18 heavy (non-hydrogen) atoms. The number of benzene rings is 1. The lowest BCUT2D eigenvalue weighted by molar-refractivity contribution is 0.211. The molecule has 0 amide bonds. The molecule has 0 bridgehead atoms. The van der Waals surface area contributed by atoms with Crippen molar-refractivity contribution in [3.8, 4) is 0 Å². The van der Waals surface area contributed by atoms with Gasteiger partial charge in [-0.1, -0.05) is 12.1 Å². The number of alkyl halides is 1. The summed E-state index contributed by atoms with van der Waals surface area (Å²) in [5.41, 5.74) is 2.37. The second-order valence-electron chi connectivity index (χ2n) is 4.87. The van der Waals surface area contributed by atoms with E-state index in [0.29, 0.717) is 6.54 Å². The van der Waals surface area contributed by atoms with E-state index in [2.05, 4.69) is 28.4 Å². The third-order valence-electron chi connectivity index (χ3n) is 3.25. The first-order valence-electron chi connectivity index (χ1n) is 6.57. The molecule has 1 fully saturated rings. The summed E-state index contributed by atoms with van der Waals surface area (Å²) in [5.74, 6) is 0.264. The first-order valence-corrected chi connectivity index (χ1v) is 7.10. The number of hydrogen-bond acceptors (Lipinski definition) is 3. The molecular formula is C14H21ClN2O. The van der Waals surface area contributed by atoms with E-state index in [0.717, 1.165) is 12.2 Å². The summed E-state index contributed by atoms with van der Waals surface area (Å²) in [5, 5.41) is 12.6. The van der Waals surface area contributed by atoms with E-state index in [9.17, 15) is 5.11 Å². The van der Waals surface area contributed by atoms with Crippen LogP contribution >= 0.6 is 11.6 Å². The minimum Gasteiger partial charge on any atom is -0.390 e. The monoisotopic (exact) mass is 268 g/mol. The van der Waals surface area contributed by atoms with Gasteiger partial charge in [-0.25, -0.2) is 0 Å². The highest BCUT2D eigenvalue weighted by Gasteiger charge is 2.11. The Morgan fingerprint density at radius 1 is 1.33 bits per heavy atom. The normalized spacial score (nSPS) is 17.9. The number of aliphatic hydroxyl groups is 1. The number of halogens is 1. The SMILES string of the molecule is OC(CCl)CNc1cccc(CN2CCCC2)c1. The summed E-state index contributed by atoms with van der Waals surface area (Å²) in [6, 6.07) is 8.38. The van der Waals surface area contributed by atoms with Gasteiger partial charge in [0.15, 0.2) is 0 Å². The van der Waals surface area contributed by atoms with Gasteiger partial charge in [0, 0.05) is 18.8 Å². The maximum absolute atomic E-state index is 9.42. The lowest BCUT2D eigenvalue weighted by Crippen LogP contribution is -2.21. The van der Waals surface area contributed by atoms with Crippen LogP contribution in [0.2, 0.25) is 0 Å². The summed E-state index contributed by atoms with van der Waals surface area (Å²) in [4.78, 5) is 2.48. The van der Waals surface area contributed by atoms with Crippen molar-refractivity contribution in [2.24, 2.45) is 0 Å². The zero-order chi connectivity index (χ0) is 12.8. The van der Waals surface area contributed by atoms with Crippen LogP contribution in [0.5, 0.6) is 0 Å². The lowest BCUT2D eigenvalue weighted by Gasteiger charge is -2.16. The highest BCUT2D eigenvalue weighted by Crippen LogP contribution is 2.16. The summed E-state index contributed by atoms with van der Waals surface area (Å²) in [7, 11) is 0. The molecule has 1 aromatic rings. The zero-order valence-corrected chi connectivity index (χ0v) is 11.4. The van der Waals surface area contributed by atoms with E-state index in [1.165, 1.54) is 31.5 Å². The van der Waals surface area contributed by atoms with Crippen molar-refractivity contribution in [1.82, 2.24) is 4.90 Å². The van der Waals surface area contributed by atoms with Gasteiger partial charge in [-0.2, -0.15) is 0 Å². The fraction of sp³-hybridized carbons (Fsp3) is 0.571. The quantitative estimate of drug-likeness (QED) is 0.777. The minimum atomic E-state index is -0.492. The van der Waals surface area contributed by atoms with E-state index in [1.54, 1.807) is 0 Å². The molecule has 1 saturated heterocycles. The molecule has 0 saturated carbocycles. The van der Waals surface area contributed by atoms with Crippen molar-refractivity contribution in [3.05, 3.63) is 29.8 Å². The van der Waals surface area contributed by atoms with Crippen molar-refractivity contribution in [1.29, 1.82) is 0 Å². The van der Waals surface area contributed by atoms with Gasteiger partial charge in [0.05, 0.1) is 12.0 Å². The standard InChI is InChI=1S/C14H21ClN2O/c15-9-14(18)10-16-13-5-3-4-12(8-13)11-17-6-1-2-7-17/h3-5,8,14,16,18H,1-2,6-7,9-11H2. The summed E-state index contributed by atoms with van der Waals surface area (Å²) < 4.78 is 0. The van der Waals surface area contributed by atoms with Gasteiger partial charge in [0.2, 0.25) is 0 Å². The molecule has 2 rings (SSSR count). The maximum Gasteiger partial charge on any atom is 0.0847 e. The molecule has 0 aliphatic carbocycles. The average molecular weight is 269 g/mol. The van der Waals surface area contributed by atoms with Gasteiger partial charge in [-0.05, 0) is 43.6 Å². The Bertz CT molecular complexity index is 367. The number of hydrogen-bond donors (Lipinski definition) is 2. The number of nitrogens with one attached hydrogen (secondary N) is 1. The minimum absolute atomic E-state index is 0.264. The summed E-state index contributed by atoms with van der Waals surface area (Å²) in [6.45, 7) is 3.94. The van der Waals surface area contributed by atoms with Crippen LogP contribution < -0.4 is 5.32 Å². The van der Waals surface area contributed by atoms with Gasteiger partial charge >= 0.3 is 0 Å². The smallest absolute Gasteiger partial charge is 0.0847 e. The lowest BCUT2D eigenvalue weighted by atomic mass is 10.2. The van der Waals surface area contributed by atoms with Gasteiger partial charge < -0.3 is 10.4 Å². The first-order chi connectivity index (χ1) is 8.78. The Morgan fingerprint density at radius 3 is 2.83 bits per heavy atom. The molecule has 3 nitrogen and oxygen atoms in total. The Hall–Kier alpha value is -0.770. The molecule has 1 aromatic carbocycles. The molecule has 0 spiro atoms. The van der Waals surface area contributed by atoms with Crippen molar-refractivity contribution in [2.45, 2.75) is 25.5 Å². The molecule has 1 atom stereocenters. The van der Waals surface area contributed by atoms with Gasteiger partial charge in [-0.15, -0.1) is 11.6 Å². The fourth-order valence-electron chi connectivity index (χ4n) is 2.27.